The molecular weight excluding hydrogens is 392 g/mol. The Kier molecular flexibility index (Phi) is 7.04. The van der Waals surface area contributed by atoms with Gasteiger partial charge >= 0.3 is 0 Å². The average molecular weight is 417 g/mol. The first-order chi connectivity index (χ1) is 14.0. The number of rotatable bonds is 9. The highest BCUT2D eigenvalue weighted by atomic mass is 32.2. The zero-order valence-electron chi connectivity index (χ0n) is 16.1. The summed E-state index contributed by atoms with van der Waals surface area (Å²) >= 11 is 0. The van der Waals surface area contributed by atoms with Crippen LogP contribution in [0.25, 0.3) is 0 Å². The molecule has 1 aromatic carbocycles. The third-order valence-corrected chi connectivity index (χ3v) is 6.58. The van der Waals surface area contributed by atoms with Crippen LogP contribution in [0.5, 0.6) is 0 Å². The maximum absolute atomic E-state index is 12.7. The number of hydrogen-bond donors (Lipinski definition) is 1. The Bertz CT molecular complexity index is 961. The smallest absolute Gasteiger partial charge is 0.243 e. The zero-order valence-corrected chi connectivity index (χ0v) is 16.9. The number of amides is 1. The second kappa shape index (κ2) is 9.69. The Morgan fingerprint density at radius 3 is 2.72 bits per heavy atom. The van der Waals surface area contributed by atoms with E-state index in [1.54, 1.807) is 30.5 Å². The summed E-state index contributed by atoms with van der Waals surface area (Å²) in [6.45, 7) is 1.95. The topological polar surface area (TPSA) is 107 Å². The van der Waals surface area contributed by atoms with Crippen LogP contribution in [0, 0.1) is 11.3 Å². The van der Waals surface area contributed by atoms with Crippen LogP contribution in [0.15, 0.2) is 52.0 Å². The van der Waals surface area contributed by atoms with Gasteiger partial charge in [0.1, 0.15) is 5.76 Å². The number of nitrogens with zero attached hydrogens (tertiary/aromatic N) is 3. The third-order valence-electron chi connectivity index (χ3n) is 4.69. The molecule has 1 aliphatic rings. The molecule has 0 aliphatic carbocycles. The normalized spacial score (nSPS) is 14.8. The van der Waals surface area contributed by atoms with Gasteiger partial charge in [-0.3, -0.25) is 9.69 Å². The van der Waals surface area contributed by atoms with Crippen molar-refractivity contribution in [3.63, 3.8) is 0 Å². The molecule has 1 aliphatic heterocycles. The van der Waals surface area contributed by atoms with Crippen LogP contribution >= 0.6 is 0 Å². The number of nitriles is 1. The Morgan fingerprint density at radius 2 is 2.03 bits per heavy atom. The van der Waals surface area contributed by atoms with E-state index in [0.29, 0.717) is 37.6 Å². The zero-order chi connectivity index (χ0) is 20.7. The molecule has 0 atom stereocenters. The Hall–Kier alpha value is -2.67. The van der Waals surface area contributed by atoms with E-state index in [-0.39, 0.29) is 23.8 Å². The summed E-state index contributed by atoms with van der Waals surface area (Å²) in [5.41, 5.74) is 0.425. The lowest BCUT2D eigenvalue weighted by atomic mass is 10.3. The van der Waals surface area contributed by atoms with Gasteiger partial charge in [-0.2, -0.15) is 9.57 Å². The highest BCUT2D eigenvalue weighted by Gasteiger charge is 2.27. The second-order valence-corrected chi connectivity index (χ2v) is 8.82. The van der Waals surface area contributed by atoms with Gasteiger partial charge < -0.3 is 9.73 Å². The SMILES string of the molecule is N#CCCN(CC(=O)Nc1cccc(S(=O)(=O)N2CCCC2)c1)Cc1ccco1. The summed E-state index contributed by atoms with van der Waals surface area (Å²) in [6.07, 6.45) is 3.58. The second-order valence-electron chi connectivity index (χ2n) is 6.89. The molecule has 1 N–H and O–H groups in total. The molecule has 2 aromatic rings. The first-order valence-electron chi connectivity index (χ1n) is 9.51. The van der Waals surface area contributed by atoms with Crippen LogP contribution in [0.1, 0.15) is 25.0 Å². The van der Waals surface area contributed by atoms with Crippen molar-refractivity contribution in [1.29, 1.82) is 5.26 Å². The van der Waals surface area contributed by atoms with Crippen molar-refractivity contribution in [1.82, 2.24) is 9.21 Å². The van der Waals surface area contributed by atoms with Crippen molar-refractivity contribution in [2.45, 2.75) is 30.7 Å². The minimum Gasteiger partial charge on any atom is -0.468 e. The fourth-order valence-electron chi connectivity index (χ4n) is 3.26. The first kappa shape index (κ1) is 21.0. The van der Waals surface area contributed by atoms with Gasteiger partial charge in [0.2, 0.25) is 15.9 Å². The van der Waals surface area contributed by atoms with Crippen molar-refractivity contribution in [3.8, 4) is 6.07 Å². The molecule has 9 heteroatoms. The van der Waals surface area contributed by atoms with Gasteiger partial charge in [-0.25, -0.2) is 8.42 Å². The summed E-state index contributed by atoms with van der Waals surface area (Å²) in [7, 11) is -3.54. The third kappa shape index (κ3) is 5.67. The van der Waals surface area contributed by atoms with Gasteiger partial charge in [-0.15, -0.1) is 0 Å². The largest absolute Gasteiger partial charge is 0.468 e. The maximum Gasteiger partial charge on any atom is 0.243 e. The maximum atomic E-state index is 12.7. The van der Waals surface area contributed by atoms with Crippen LogP contribution in [0.3, 0.4) is 0 Å². The summed E-state index contributed by atoms with van der Waals surface area (Å²) in [5, 5.41) is 11.6. The van der Waals surface area contributed by atoms with Gasteiger partial charge in [0.25, 0.3) is 0 Å². The standard InChI is InChI=1S/C20H24N4O4S/c21-9-5-10-23(15-18-7-4-13-28-18)16-20(25)22-17-6-3-8-19(14-17)29(26,27)24-11-1-2-12-24/h3-4,6-8,13-14H,1-2,5,10-12,15-16H2,(H,22,25). The molecule has 29 heavy (non-hydrogen) atoms. The molecule has 1 aromatic heterocycles. The number of sulfonamides is 1. The highest BCUT2D eigenvalue weighted by molar-refractivity contribution is 7.89. The number of nitrogens with one attached hydrogen (secondary N) is 1. The van der Waals surface area contributed by atoms with Crippen LogP contribution in [0.4, 0.5) is 5.69 Å². The number of carbonyl (C=O) groups is 1. The highest BCUT2D eigenvalue weighted by Crippen LogP contribution is 2.23. The molecule has 0 bridgehead atoms. The monoisotopic (exact) mass is 416 g/mol. The molecule has 2 heterocycles. The predicted octanol–water partition coefficient (Wildman–Crippen LogP) is 2.42. The molecule has 1 fully saturated rings. The van der Waals surface area contributed by atoms with Gasteiger partial charge in [0.15, 0.2) is 0 Å². The lowest BCUT2D eigenvalue weighted by Gasteiger charge is -2.20. The minimum absolute atomic E-state index is 0.0610. The Morgan fingerprint density at radius 1 is 1.24 bits per heavy atom. The van der Waals surface area contributed by atoms with E-state index >= 15 is 0 Å². The van der Waals surface area contributed by atoms with Crippen molar-refractivity contribution >= 4 is 21.6 Å². The average Bonchev–Trinajstić information content (AvgIpc) is 3.40. The van der Waals surface area contributed by atoms with Crippen LogP contribution in [-0.4, -0.2) is 49.7 Å². The van der Waals surface area contributed by atoms with E-state index in [1.165, 1.54) is 10.4 Å². The van der Waals surface area contributed by atoms with E-state index in [9.17, 15) is 13.2 Å². The Labute approximate surface area is 170 Å². The van der Waals surface area contributed by atoms with Crippen molar-refractivity contribution in [2.24, 2.45) is 0 Å². The molecule has 1 saturated heterocycles. The summed E-state index contributed by atoms with van der Waals surface area (Å²) in [5.74, 6) is 0.416. The summed E-state index contributed by atoms with van der Waals surface area (Å²) in [6, 6.07) is 12.0. The van der Waals surface area contributed by atoms with Crippen molar-refractivity contribution in [3.05, 3.63) is 48.4 Å². The number of benzene rings is 1. The lowest BCUT2D eigenvalue weighted by molar-refractivity contribution is -0.117. The van der Waals surface area contributed by atoms with Crippen LogP contribution in [-0.2, 0) is 21.4 Å². The number of hydrogen-bond acceptors (Lipinski definition) is 6. The first-order valence-corrected chi connectivity index (χ1v) is 10.9. The molecular formula is C20H24N4O4S. The molecule has 154 valence electrons. The van der Waals surface area contributed by atoms with Gasteiger partial charge in [0, 0.05) is 31.7 Å². The fourth-order valence-corrected chi connectivity index (χ4v) is 4.82. The molecule has 0 unspecified atom stereocenters. The molecule has 3 rings (SSSR count). The molecule has 8 nitrogen and oxygen atoms in total. The lowest BCUT2D eigenvalue weighted by Crippen LogP contribution is -2.33. The van der Waals surface area contributed by atoms with E-state index in [1.807, 2.05) is 11.0 Å². The van der Waals surface area contributed by atoms with E-state index in [2.05, 4.69) is 11.4 Å². The molecule has 0 saturated carbocycles. The summed E-state index contributed by atoms with van der Waals surface area (Å²) < 4.78 is 32.2. The molecule has 0 spiro atoms. The molecule has 1 amide bonds. The Balaban J connectivity index is 1.65. The molecule has 0 radical (unpaired) electrons. The fraction of sp³-hybridized carbons (Fsp3) is 0.400. The van der Waals surface area contributed by atoms with E-state index in [0.717, 1.165) is 12.8 Å². The van der Waals surface area contributed by atoms with Crippen molar-refractivity contribution < 1.29 is 17.6 Å². The van der Waals surface area contributed by atoms with E-state index < -0.39 is 10.0 Å². The van der Waals surface area contributed by atoms with Gasteiger partial charge in [-0.05, 0) is 43.2 Å². The number of furan rings is 1. The van der Waals surface area contributed by atoms with Crippen LogP contribution < -0.4 is 5.32 Å². The quantitative estimate of drug-likeness (QED) is 0.673. The van der Waals surface area contributed by atoms with Crippen molar-refractivity contribution in [2.75, 3.05) is 31.5 Å². The minimum atomic E-state index is -3.54. The number of carbonyl (C=O) groups excluding carboxylic acids is 1. The predicted molar refractivity (Wildman–Crippen MR) is 107 cm³/mol. The number of anilines is 1. The summed E-state index contributed by atoms with van der Waals surface area (Å²) in [4.78, 5) is 14.5. The van der Waals surface area contributed by atoms with Crippen LogP contribution in [0.2, 0.25) is 0 Å². The van der Waals surface area contributed by atoms with E-state index in [4.69, 9.17) is 9.68 Å². The van der Waals surface area contributed by atoms with Gasteiger partial charge in [0.05, 0.1) is 30.3 Å². The van der Waals surface area contributed by atoms with Gasteiger partial charge in [-0.1, -0.05) is 6.07 Å².